The van der Waals surface area contributed by atoms with Crippen molar-refractivity contribution in [1.82, 2.24) is 9.55 Å². The molecule has 2 rings (SSSR count). The maximum absolute atomic E-state index is 15.4. The zero-order chi connectivity index (χ0) is 20.1. The molecule has 0 aliphatic carbocycles. The second kappa shape index (κ2) is 6.45. The molecule has 5 N–H and O–H groups in total. The lowest BCUT2D eigenvalue weighted by atomic mass is 9.60. The number of phosphoric ester groups is 1. The average Bonchev–Trinajstić information content (AvgIpc) is 2.68. The monoisotopic (exact) mass is 392 g/mol. The molecule has 1 aromatic heterocycles. The van der Waals surface area contributed by atoms with E-state index in [0.717, 1.165) is 29.7 Å². The van der Waals surface area contributed by atoms with Gasteiger partial charge in [0.15, 0.2) is 7.85 Å². The molecule has 11 nitrogen and oxygen atoms in total. The molecule has 1 aliphatic heterocycles. The Morgan fingerprint density at radius 2 is 2.08 bits per heavy atom. The lowest BCUT2D eigenvalue weighted by Crippen LogP contribution is -2.56. The van der Waals surface area contributed by atoms with Gasteiger partial charge in [-0.1, -0.05) is 0 Å². The molecule has 1 saturated heterocycles. The first-order valence-electron chi connectivity index (χ1n) is 7.45. The van der Waals surface area contributed by atoms with Crippen molar-refractivity contribution in [2.45, 2.75) is 36.0 Å². The summed E-state index contributed by atoms with van der Waals surface area (Å²) in [4.78, 5) is 43.5. The number of phosphoric acid groups is 1. The lowest BCUT2D eigenvalue weighted by molar-refractivity contribution is -0.219. The Labute approximate surface area is 148 Å². The Balaban J connectivity index is 2.52. The number of H-pyrrole nitrogens is 1. The summed E-state index contributed by atoms with van der Waals surface area (Å²) in [7, 11) is -1.92. The number of aliphatic hydroxyl groups is 2. The van der Waals surface area contributed by atoms with Crippen molar-refractivity contribution in [3.8, 4) is 0 Å². The molecule has 0 bridgehead atoms. The summed E-state index contributed by atoms with van der Waals surface area (Å²) < 4.78 is 36.8. The first-order chi connectivity index (χ1) is 11.7. The smallest absolute Gasteiger partial charge is 0.391 e. The van der Waals surface area contributed by atoms with Gasteiger partial charge in [0, 0.05) is 12.6 Å². The van der Waals surface area contributed by atoms with Crippen molar-refractivity contribution < 1.29 is 38.2 Å². The van der Waals surface area contributed by atoms with Gasteiger partial charge in [0.1, 0.15) is 21.3 Å². The van der Waals surface area contributed by atoms with E-state index in [9.17, 15) is 19.3 Å². The Morgan fingerprint density at radius 3 is 2.58 bits per heavy atom. The summed E-state index contributed by atoms with van der Waals surface area (Å²) in [5, 5.41) is 17.3. The number of ether oxygens (including phenoxy) is 1. The molecule has 0 saturated carbocycles. The summed E-state index contributed by atoms with van der Waals surface area (Å²) in [5.41, 5.74) is -4.17. The molecule has 0 unspecified atom stereocenters. The standard InChI is InChI=1S/C10H17B3FN2O9P/c11-9(16-2-4(3-17)6(19)15-7(16)20)5(18)1-8(14,24-9)10(12,13)25-26(21,22)23/h2,5,17-18H,1,3,11-13H2,(H,15,19,20)(H2,21,22,23)/t5-,8+,9+/m1/s1. The fourth-order valence-electron chi connectivity index (χ4n) is 2.77. The van der Waals surface area contributed by atoms with Crippen molar-refractivity contribution in [3.63, 3.8) is 0 Å². The number of halogens is 1. The van der Waals surface area contributed by atoms with Crippen molar-refractivity contribution in [1.29, 1.82) is 0 Å². The maximum atomic E-state index is 15.4. The van der Waals surface area contributed by atoms with Gasteiger partial charge in [0.2, 0.25) is 5.85 Å². The first kappa shape index (κ1) is 21.1. The zero-order valence-electron chi connectivity index (χ0n) is 14.2. The molecule has 0 aromatic carbocycles. The summed E-state index contributed by atoms with van der Waals surface area (Å²) >= 11 is 0. The van der Waals surface area contributed by atoms with Crippen LogP contribution in [0.15, 0.2) is 15.8 Å². The largest absolute Gasteiger partial charge is 0.468 e. The number of hydrogen-bond donors (Lipinski definition) is 5. The van der Waals surface area contributed by atoms with E-state index >= 15 is 4.39 Å². The fourth-order valence-corrected chi connectivity index (χ4v) is 3.50. The third kappa shape index (κ3) is 3.61. The highest BCUT2D eigenvalue weighted by molar-refractivity contribution is 7.46. The number of alkyl halides is 1. The number of aromatic nitrogens is 2. The van der Waals surface area contributed by atoms with Gasteiger partial charge < -0.3 is 24.7 Å². The number of rotatable bonds is 5. The fraction of sp³-hybridized carbons (Fsp3) is 0.600. The van der Waals surface area contributed by atoms with Gasteiger partial charge in [0.05, 0.1) is 23.7 Å². The molecule has 0 amide bonds. The molecule has 1 aliphatic rings. The molecule has 3 atom stereocenters. The van der Waals surface area contributed by atoms with E-state index in [1.54, 1.807) is 0 Å². The Bertz CT molecular complexity index is 872. The SMILES string of the molecule is BC(B)(OP(=O)(O)O)[C@]1(F)C[C@@H](O)[C@](B)(n2cc(CO)c(=O)[nH]c2=O)O1. The molecule has 1 aromatic rings. The molecule has 26 heavy (non-hydrogen) atoms. The van der Waals surface area contributed by atoms with Crippen LogP contribution in [0.2, 0.25) is 0 Å². The minimum absolute atomic E-state index is 0.233. The minimum Gasteiger partial charge on any atom is -0.391 e. The van der Waals surface area contributed by atoms with Crippen LogP contribution in [-0.4, -0.2) is 70.4 Å². The molecule has 16 heteroatoms. The van der Waals surface area contributed by atoms with E-state index in [-0.39, 0.29) is 5.56 Å². The molecule has 0 spiro atoms. The quantitative estimate of drug-likeness (QED) is 0.243. The van der Waals surface area contributed by atoms with Gasteiger partial charge in [-0.25, -0.2) is 13.8 Å². The van der Waals surface area contributed by atoms with Crippen molar-refractivity contribution >= 4 is 31.4 Å². The van der Waals surface area contributed by atoms with Crippen molar-refractivity contribution in [2.75, 3.05) is 0 Å². The summed E-state index contributed by atoms with van der Waals surface area (Å²) in [6.07, 6.45) is -1.52. The molecule has 0 radical (unpaired) electrons. The van der Waals surface area contributed by atoms with Crippen LogP contribution in [0.4, 0.5) is 4.39 Å². The molecule has 1 fully saturated rings. The van der Waals surface area contributed by atoms with Gasteiger partial charge in [-0.2, -0.15) is 0 Å². The van der Waals surface area contributed by atoms with Crippen LogP contribution in [0.3, 0.4) is 0 Å². The van der Waals surface area contributed by atoms with E-state index < -0.39 is 55.1 Å². The van der Waals surface area contributed by atoms with Crippen LogP contribution in [0.25, 0.3) is 0 Å². The number of aliphatic hydroxyl groups excluding tert-OH is 2. The van der Waals surface area contributed by atoms with Gasteiger partial charge in [-0.05, 0) is 0 Å². The number of aromatic amines is 1. The lowest BCUT2D eigenvalue weighted by Gasteiger charge is -2.39. The normalized spacial score (nSPS) is 29.8. The van der Waals surface area contributed by atoms with E-state index in [2.05, 4.69) is 4.52 Å². The van der Waals surface area contributed by atoms with E-state index in [1.807, 2.05) is 4.98 Å². The second-order valence-electron chi connectivity index (χ2n) is 6.64. The molecule has 142 valence electrons. The first-order valence-corrected chi connectivity index (χ1v) is 8.98. The number of hydrogen-bond acceptors (Lipinski definition) is 7. The van der Waals surface area contributed by atoms with Gasteiger partial charge in [0.25, 0.3) is 5.56 Å². The maximum Gasteiger partial charge on any atom is 0.468 e. The third-order valence-corrected chi connectivity index (χ3v) is 5.05. The average molecular weight is 392 g/mol. The van der Waals surface area contributed by atoms with E-state index in [4.69, 9.17) is 19.6 Å². The van der Waals surface area contributed by atoms with Gasteiger partial charge >= 0.3 is 13.5 Å². The van der Waals surface area contributed by atoms with Crippen LogP contribution in [0.5, 0.6) is 0 Å². The third-order valence-electron chi connectivity index (χ3n) is 4.35. The Kier molecular flexibility index (Phi) is 5.23. The van der Waals surface area contributed by atoms with E-state index in [0.29, 0.717) is 4.57 Å². The van der Waals surface area contributed by atoms with Crippen LogP contribution >= 0.6 is 7.82 Å². The highest BCUT2D eigenvalue weighted by atomic mass is 31.2. The van der Waals surface area contributed by atoms with Crippen molar-refractivity contribution in [2.24, 2.45) is 0 Å². The molecular formula is C10H17B3FN2O9P. The summed E-state index contributed by atoms with van der Waals surface area (Å²) in [5.74, 6) is -2.89. The van der Waals surface area contributed by atoms with Crippen LogP contribution < -0.4 is 11.2 Å². The Morgan fingerprint density at radius 1 is 1.50 bits per heavy atom. The predicted molar refractivity (Wildman–Crippen MR) is 92.3 cm³/mol. The zero-order valence-corrected chi connectivity index (χ0v) is 15.1. The highest BCUT2D eigenvalue weighted by Gasteiger charge is 2.63. The number of nitrogens with zero attached hydrogens (tertiary/aromatic N) is 1. The molecule has 2 heterocycles. The Hall–Kier alpha value is -1.21. The van der Waals surface area contributed by atoms with E-state index in [1.165, 1.54) is 0 Å². The van der Waals surface area contributed by atoms with Crippen LogP contribution in [0, 0.1) is 0 Å². The summed E-state index contributed by atoms with van der Waals surface area (Å²) in [6, 6.07) is 0. The topological polar surface area (TPSA) is 171 Å². The van der Waals surface area contributed by atoms with Crippen LogP contribution in [0.1, 0.15) is 12.0 Å². The van der Waals surface area contributed by atoms with Gasteiger partial charge in [-0.3, -0.25) is 18.9 Å². The highest BCUT2D eigenvalue weighted by Crippen LogP contribution is 2.50. The number of nitrogens with one attached hydrogen (secondary N) is 1. The van der Waals surface area contributed by atoms with Gasteiger partial charge in [-0.15, -0.1) is 0 Å². The summed E-state index contributed by atoms with van der Waals surface area (Å²) in [6.45, 7) is -0.727. The minimum atomic E-state index is -5.10. The second-order valence-corrected chi connectivity index (χ2v) is 7.80. The molecular weight excluding hydrogens is 375 g/mol. The van der Waals surface area contributed by atoms with Crippen molar-refractivity contribution in [3.05, 3.63) is 32.6 Å². The van der Waals surface area contributed by atoms with Crippen LogP contribution in [-0.2, 0) is 26.1 Å². The predicted octanol–water partition coefficient (Wildman–Crippen LogP) is -5.25.